The predicted octanol–water partition coefficient (Wildman–Crippen LogP) is 8.61. The van der Waals surface area contributed by atoms with Crippen molar-refractivity contribution in [1.29, 1.82) is 0 Å². The Kier molecular flexibility index (Phi) is 10.1. The van der Waals surface area contributed by atoms with Crippen LogP contribution in [-0.2, 0) is 25.7 Å². The Balaban J connectivity index is 1.20. The fourth-order valence-electron chi connectivity index (χ4n) is 4.56. The first-order valence-electron chi connectivity index (χ1n) is 12.9. The maximum atomic E-state index is 2.45. The van der Waals surface area contributed by atoms with Crippen LogP contribution in [0.15, 0.2) is 66.4 Å². The van der Waals surface area contributed by atoms with Gasteiger partial charge in [0.2, 0.25) is 0 Å². The number of anilines is 1. The van der Waals surface area contributed by atoms with E-state index in [-0.39, 0.29) is 0 Å². The molecule has 1 aliphatic rings. The summed E-state index contributed by atoms with van der Waals surface area (Å²) in [6.45, 7) is 4.20. The molecule has 1 nitrogen and oxygen atoms in total. The van der Waals surface area contributed by atoms with Gasteiger partial charge >= 0.3 is 0 Å². The predicted molar refractivity (Wildman–Crippen MR) is 142 cm³/mol. The first-order valence-corrected chi connectivity index (χ1v) is 12.9. The Labute approximate surface area is 197 Å². The molecule has 0 bridgehead atoms. The van der Waals surface area contributed by atoms with Crippen molar-refractivity contribution in [2.45, 2.75) is 90.9 Å². The molecule has 2 aromatic carbocycles. The van der Waals surface area contributed by atoms with Crippen molar-refractivity contribution < 1.29 is 0 Å². The van der Waals surface area contributed by atoms with Crippen molar-refractivity contribution in [3.05, 3.63) is 88.6 Å². The van der Waals surface area contributed by atoms with Gasteiger partial charge in [0.15, 0.2) is 0 Å². The molecule has 0 radical (unpaired) electrons. The first kappa shape index (κ1) is 24.4. The van der Waals surface area contributed by atoms with Crippen molar-refractivity contribution in [3.63, 3.8) is 0 Å². The van der Waals surface area contributed by atoms with E-state index in [1.54, 1.807) is 16.7 Å². The molecule has 3 rings (SSSR count). The summed E-state index contributed by atoms with van der Waals surface area (Å²) in [5.74, 6) is 0. The van der Waals surface area contributed by atoms with Crippen molar-refractivity contribution >= 4 is 5.69 Å². The molecule has 0 aromatic heterocycles. The minimum atomic E-state index is 1.21. The van der Waals surface area contributed by atoms with Crippen LogP contribution in [0, 0.1) is 0 Å². The number of nitrogens with zero attached hydrogens (tertiary/aromatic N) is 1. The highest BCUT2D eigenvalue weighted by Gasteiger charge is 2.12. The van der Waals surface area contributed by atoms with E-state index >= 15 is 0 Å². The van der Waals surface area contributed by atoms with Gasteiger partial charge in [-0.3, -0.25) is 0 Å². The SMILES string of the molecule is C/C=C/C=C(\C)N(C)c1ccc(CCCCCCCCCCc2ccc3c(c2)CC3)cc1. The largest absolute Gasteiger partial charge is 0.348 e. The van der Waals surface area contributed by atoms with E-state index in [0.29, 0.717) is 0 Å². The van der Waals surface area contributed by atoms with Crippen LogP contribution in [0.25, 0.3) is 0 Å². The van der Waals surface area contributed by atoms with Gasteiger partial charge in [0.1, 0.15) is 0 Å². The van der Waals surface area contributed by atoms with E-state index in [2.05, 4.69) is 86.5 Å². The second-order valence-corrected chi connectivity index (χ2v) is 9.49. The second kappa shape index (κ2) is 13.3. The highest BCUT2D eigenvalue weighted by Crippen LogP contribution is 2.24. The van der Waals surface area contributed by atoms with E-state index in [1.807, 2.05) is 0 Å². The number of fused-ring (bicyclic) bond motifs is 1. The van der Waals surface area contributed by atoms with Gasteiger partial charge in [0.05, 0.1) is 0 Å². The molecule has 32 heavy (non-hydrogen) atoms. The van der Waals surface area contributed by atoms with Gasteiger partial charge in [0.25, 0.3) is 0 Å². The third kappa shape index (κ3) is 7.69. The van der Waals surface area contributed by atoms with Crippen molar-refractivity contribution in [2.24, 2.45) is 0 Å². The summed E-state index contributed by atoms with van der Waals surface area (Å²) < 4.78 is 0. The molecule has 0 fully saturated rings. The molecule has 1 aliphatic carbocycles. The zero-order valence-corrected chi connectivity index (χ0v) is 20.7. The number of benzene rings is 2. The molecule has 0 amide bonds. The molecule has 172 valence electrons. The Hall–Kier alpha value is -2.28. The lowest BCUT2D eigenvalue weighted by Crippen LogP contribution is -2.13. The van der Waals surface area contributed by atoms with Gasteiger partial charge in [0, 0.05) is 18.4 Å². The number of rotatable bonds is 14. The van der Waals surface area contributed by atoms with Crippen molar-refractivity contribution in [2.75, 3.05) is 11.9 Å². The van der Waals surface area contributed by atoms with Gasteiger partial charge in [-0.05, 0) is 92.8 Å². The van der Waals surface area contributed by atoms with Crippen molar-refractivity contribution in [3.8, 4) is 0 Å². The third-order valence-electron chi connectivity index (χ3n) is 7.00. The first-order chi connectivity index (χ1) is 15.7. The summed E-state index contributed by atoms with van der Waals surface area (Å²) in [5.41, 5.74) is 8.73. The molecule has 0 spiro atoms. The molecule has 0 atom stereocenters. The van der Waals surface area contributed by atoms with E-state index in [0.717, 1.165) is 0 Å². The Morgan fingerprint density at radius 2 is 1.31 bits per heavy atom. The molecule has 0 unspecified atom stereocenters. The lowest BCUT2D eigenvalue weighted by atomic mass is 9.86. The summed E-state index contributed by atoms with van der Waals surface area (Å²) in [6, 6.07) is 16.3. The summed E-state index contributed by atoms with van der Waals surface area (Å²) in [5, 5.41) is 0. The molecule has 0 saturated heterocycles. The molecule has 0 aliphatic heterocycles. The van der Waals surface area contributed by atoms with Crippen molar-refractivity contribution in [1.82, 2.24) is 0 Å². The van der Waals surface area contributed by atoms with Crippen LogP contribution in [-0.4, -0.2) is 7.05 Å². The lowest BCUT2D eigenvalue weighted by molar-refractivity contribution is 0.567. The number of allylic oxidation sites excluding steroid dienone is 4. The fraction of sp³-hybridized carbons (Fsp3) is 0.484. The normalized spacial score (nSPS) is 13.3. The van der Waals surface area contributed by atoms with E-state index in [4.69, 9.17) is 0 Å². The van der Waals surface area contributed by atoms with E-state index < -0.39 is 0 Å². The molecule has 2 aromatic rings. The zero-order chi connectivity index (χ0) is 22.6. The van der Waals surface area contributed by atoms with E-state index in [1.165, 1.54) is 94.0 Å². The van der Waals surface area contributed by atoms with E-state index in [9.17, 15) is 0 Å². The summed E-state index contributed by atoms with van der Waals surface area (Å²) in [4.78, 5) is 2.24. The van der Waals surface area contributed by atoms with Crippen LogP contribution < -0.4 is 4.90 Å². The van der Waals surface area contributed by atoms with Crippen LogP contribution in [0.3, 0.4) is 0 Å². The van der Waals surface area contributed by atoms with Gasteiger partial charge in [-0.1, -0.05) is 81.0 Å². The maximum absolute atomic E-state index is 2.45. The maximum Gasteiger partial charge on any atom is 0.0405 e. The van der Waals surface area contributed by atoms with Crippen LogP contribution >= 0.6 is 0 Å². The quantitative estimate of drug-likeness (QED) is 0.215. The van der Waals surface area contributed by atoms with Gasteiger partial charge in [-0.15, -0.1) is 0 Å². The Bertz CT molecular complexity index is 872. The van der Waals surface area contributed by atoms with Gasteiger partial charge in [-0.2, -0.15) is 0 Å². The molecular formula is C31H43N. The summed E-state index contributed by atoms with van der Waals surface area (Å²) >= 11 is 0. The van der Waals surface area contributed by atoms with Crippen LogP contribution in [0.5, 0.6) is 0 Å². The number of hydrogen-bond donors (Lipinski definition) is 0. The minimum Gasteiger partial charge on any atom is -0.348 e. The van der Waals surface area contributed by atoms with Crippen LogP contribution in [0.4, 0.5) is 5.69 Å². The lowest BCUT2D eigenvalue weighted by Gasteiger charge is -2.20. The Morgan fingerprint density at radius 1 is 0.750 bits per heavy atom. The topological polar surface area (TPSA) is 3.24 Å². The average molecular weight is 430 g/mol. The number of hydrogen-bond acceptors (Lipinski definition) is 1. The minimum absolute atomic E-state index is 1.21. The highest BCUT2D eigenvalue weighted by molar-refractivity contribution is 5.52. The molecule has 0 N–H and O–H groups in total. The standard InChI is InChI=1S/C31H43N/c1-4-5-14-26(2)32(3)31-23-18-27(19-24-31)15-12-10-8-6-7-9-11-13-16-28-17-20-29-21-22-30(29)25-28/h4-5,14,17-20,23-25H,6-13,15-16,21-22H2,1-3H3/b5-4+,26-14+. The molecule has 0 saturated carbocycles. The molecule has 1 heteroatoms. The Morgan fingerprint density at radius 3 is 1.88 bits per heavy atom. The summed E-state index contributed by atoms with van der Waals surface area (Å²) in [7, 11) is 2.14. The molecule has 0 heterocycles. The van der Waals surface area contributed by atoms with Gasteiger partial charge < -0.3 is 4.90 Å². The smallest absolute Gasteiger partial charge is 0.0405 e. The highest BCUT2D eigenvalue weighted by atomic mass is 15.1. The fourth-order valence-corrected chi connectivity index (χ4v) is 4.56. The zero-order valence-electron chi connectivity index (χ0n) is 20.7. The second-order valence-electron chi connectivity index (χ2n) is 9.49. The van der Waals surface area contributed by atoms with Gasteiger partial charge in [-0.25, -0.2) is 0 Å². The molecular weight excluding hydrogens is 386 g/mol. The average Bonchev–Trinajstić information content (AvgIpc) is 2.80. The number of aryl methyl sites for hydroxylation is 4. The number of unbranched alkanes of at least 4 members (excludes halogenated alkanes) is 7. The monoisotopic (exact) mass is 429 g/mol. The van der Waals surface area contributed by atoms with Crippen LogP contribution in [0.1, 0.15) is 87.5 Å². The van der Waals surface area contributed by atoms with Crippen LogP contribution in [0.2, 0.25) is 0 Å². The third-order valence-corrected chi connectivity index (χ3v) is 7.00. The summed E-state index contributed by atoms with van der Waals surface area (Å²) in [6.07, 6.45) is 22.4.